The van der Waals surface area contributed by atoms with Crippen LogP contribution in [0.4, 0.5) is 24.0 Å². The summed E-state index contributed by atoms with van der Waals surface area (Å²) in [5.74, 6) is 0.111. The van der Waals surface area contributed by atoms with Gasteiger partial charge in [0, 0.05) is 6.20 Å². The van der Waals surface area contributed by atoms with E-state index < -0.39 is 17.3 Å². The average molecular weight is 286 g/mol. The predicted octanol–water partition coefficient (Wildman–Crippen LogP) is 2.47. The van der Waals surface area contributed by atoms with Gasteiger partial charge in [-0.15, -0.1) is 0 Å². The first-order valence-electron chi connectivity index (χ1n) is 4.83. The fraction of sp³-hybridized carbons (Fsp3) is 0.100. The third-order valence-electron chi connectivity index (χ3n) is 2.14. The van der Waals surface area contributed by atoms with Gasteiger partial charge >= 0.3 is 6.18 Å². The van der Waals surface area contributed by atoms with Crippen molar-refractivity contribution < 1.29 is 13.2 Å². The molecule has 2 rings (SSSR count). The number of halogens is 3. The zero-order chi connectivity index (χ0) is 14.0. The van der Waals surface area contributed by atoms with Crippen LogP contribution >= 0.6 is 11.5 Å². The Bertz CT molecular complexity index is 681. The van der Waals surface area contributed by atoms with Crippen LogP contribution in [0.25, 0.3) is 0 Å². The van der Waals surface area contributed by atoms with Crippen molar-refractivity contribution in [1.82, 2.24) is 9.36 Å². The van der Waals surface area contributed by atoms with Crippen LogP contribution in [0.15, 0.2) is 23.1 Å². The number of nitrogens with one attached hydrogen (secondary N) is 2. The van der Waals surface area contributed by atoms with Gasteiger partial charge in [-0.1, -0.05) is 0 Å². The van der Waals surface area contributed by atoms with Gasteiger partial charge in [0.2, 0.25) is 0 Å². The van der Waals surface area contributed by atoms with Crippen LogP contribution in [0.3, 0.4) is 0 Å². The van der Waals surface area contributed by atoms with E-state index in [0.29, 0.717) is 6.20 Å². The van der Waals surface area contributed by atoms with Crippen molar-refractivity contribution in [3.8, 4) is 6.07 Å². The molecule has 0 aromatic carbocycles. The number of hydrogen-bond donors (Lipinski definition) is 2. The lowest BCUT2D eigenvalue weighted by Gasteiger charge is -2.07. The van der Waals surface area contributed by atoms with Crippen LogP contribution in [0.2, 0.25) is 0 Å². The maximum Gasteiger partial charge on any atom is 0.417 e. The highest BCUT2D eigenvalue weighted by atomic mass is 32.1. The third-order valence-corrected chi connectivity index (χ3v) is 2.94. The fourth-order valence-corrected chi connectivity index (χ4v) is 1.94. The van der Waals surface area contributed by atoms with E-state index in [1.807, 2.05) is 0 Å². The minimum Gasteiger partial charge on any atom is -0.330 e. The fourth-order valence-electron chi connectivity index (χ4n) is 1.24. The van der Waals surface area contributed by atoms with Gasteiger partial charge in [0.15, 0.2) is 5.56 Å². The van der Waals surface area contributed by atoms with Gasteiger partial charge in [-0.2, -0.15) is 18.4 Å². The Morgan fingerprint density at radius 2 is 2.16 bits per heavy atom. The lowest BCUT2D eigenvalue weighted by atomic mass is 10.3. The van der Waals surface area contributed by atoms with Crippen LogP contribution in [0.1, 0.15) is 11.1 Å². The molecule has 5 nitrogen and oxygen atoms in total. The molecule has 2 N–H and O–H groups in total. The van der Waals surface area contributed by atoms with Gasteiger partial charge in [0.1, 0.15) is 16.9 Å². The zero-order valence-electron chi connectivity index (χ0n) is 9.08. The third kappa shape index (κ3) is 2.74. The van der Waals surface area contributed by atoms with Gasteiger partial charge < -0.3 is 5.32 Å². The molecule has 0 radical (unpaired) electrons. The maximum atomic E-state index is 12.3. The molecule has 98 valence electrons. The van der Waals surface area contributed by atoms with Crippen molar-refractivity contribution in [1.29, 1.82) is 5.26 Å². The maximum absolute atomic E-state index is 12.3. The molecule has 0 aliphatic carbocycles. The van der Waals surface area contributed by atoms with Crippen LogP contribution < -0.4 is 10.9 Å². The number of alkyl halides is 3. The lowest BCUT2D eigenvalue weighted by molar-refractivity contribution is -0.137. The molecule has 0 spiro atoms. The second-order valence-corrected chi connectivity index (χ2v) is 4.22. The zero-order valence-corrected chi connectivity index (χ0v) is 9.89. The number of rotatable bonds is 2. The Morgan fingerprint density at radius 1 is 1.42 bits per heavy atom. The molecular weight excluding hydrogens is 281 g/mol. The summed E-state index contributed by atoms with van der Waals surface area (Å²) in [5.41, 5.74) is -1.56. The number of hydrogen-bond acceptors (Lipinski definition) is 5. The predicted molar refractivity (Wildman–Crippen MR) is 62.2 cm³/mol. The number of nitrogens with zero attached hydrogens (tertiary/aromatic N) is 2. The topological polar surface area (TPSA) is 81.6 Å². The lowest BCUT2D eigenvalue weighted by Crippen LogP contribution is -2.06. The Balaban J connectivity index is 2.25. The molecule has 0 amide bonds. The first-order chi connectivity index (χ1) is 8.91. The molecule has 2 aromatic heterocycles. The Morgan fingerprint density at radius 3 is 2.68 bits per heavy atom. The van der Waals surface area contributed by atoms with Crippen LogP contribution in [0, 0.1) is 11.3 Å². The first-order valence-corrected chi connectivity index (χ1v) is 5.65. The number of H-pyrrole nitrogens is 1. The second-order valence-electron chi connectivity index (χ2n) is 3.40. The normalized spacial score (nSPS) is 11.1. The highest BCUT2D eigenvalue weighted by Gasteiger charge is 2.30. The van der Waals surface area contributed by atoms with E-state index in [9.17, 15) is 18.0 Å². The van der Waals surface area contributed by atoms with Crippen molar-refractivity contribution in [2.45, 2.75) is 6.18 Å². The van der Waals surface area contributed by atoms with Crippen LogP contribution in [-0.2, 0) is 6.18 Å². The molecule has 0 unspecified atom stereocenters. The molecule has 0 bridgehead atoms. The van der Waals surface area contributed by atoms with Gasteiger partial charge in [-0.25, -0.2) is 4.98 Å². The number of nitriles is 1. The number of aromatic amines is 1. The molecule has 19 heavy (non-hydrogen) atoms. The summed E-state index contributed by atoms with van der Waals surface area (Å²) in [6.07, 6.45) is -3.79. The summed E-state index contributed by atoms with van der Waals surface area (Å²) in [6.45, 7) is 0. The summed E-state index contributed by atoms with van der Waals surface area (Å²) < 4.78 is 39.3. The highest BCUT2D eigenvalue weighted by Crippen LogP contribution is 2.29. The Kier molecular flexibility index (Phi) is 3.26. The summed E-state index contributed by atoms with van der Waals surface area (Å²) in [4.78, 5) is 14.7. The van der Waals surface area contributed by atoms with Crippen molar-refractivity contribution >= 4 is 22.4 Å². The summed E-state index contributed by atoms with van der Waals surface area (Å²) in [5, 5.41) is 11.6. The van der Waals surface area contributed by atoms with Gasteiger partial charge in [-0.05, 0) is 23.7 Å². The minimum atomic E-state index is -4.46. The van der Waals surface area contributed by atoms with E-state index in [4.69, 9.17) is 5.26 Å². The molecule has 0 atom stereocenters. The first kappa shape index (κ1) is 13.1. The van der Waals surface area contributed by atoms with Crippen molar-refractivity contribution in [2.75, 3.05) is 5.32 Å². The number of pyridine rings is 1. The van der Waals surface area contributed by atoms with E-state index in [1.54, 1.807) is 6.07 Å². The largest absolute Gasteiger partial charge is 0.417 e. The van der Waals surface area contributed by atoms with Crippen LogP contribution in [-0.4, -0.2) is 9.36 Å². The Labute approximate surface area is 108 Å². The molecule has 0 fully saturated rings. The molecule has 0 aliphatic rings. The molecule has 0 aliphatic heterocycles. The number of anilines is 2. The van der Waals surface area contributed by atoms with Crippen molar-refractivity contribution in [2.24, 2.45) is 0 Å². The second kappa shape index (κ2) is 4.74. The molecule has 2 heterocycles. The Hall–Kier alpha value is -2.34. The van der Waals surface area contributed by atoms with E-state index in [1.165, 1.54) is 0 Å². The van der Waals surface area contributed by atoms with E-state index in [0.717, 1.165) is 23.7 Å². The molecule has 2 aromatic rings. The van der Waals surface area contributed by atoms with E-state index in [-0.39, 0.29) is 16.4 Å². The van der Waals surface area contributed by atoms with Gasteiger partial charge in [0.25, 0.3) is 5.56 Å². The van der Waals surface area contributed by atoms with E-state index in [2.05, 4.69) is 14.7 Å². The smallest absolute Gasteiger partial charge is 0.330 e. The summed E-state index contributed by atoms with van der Waals surface area (Å²) >= 11 is 0.872. The SMILES string of the molecule is N#Cc1c(Nc2ccc(C(F)(F)F)cn2)s[nH]c1=O. The quantitative estimate of drug-likeness (QED) is 0.888. The van der Waals surface area contributed by atoms with Crippen molar-refractivity contribution in [3.05, 3.63) is 39.8 Å². The summed E-state index contributed by atoms with van der Waals surface area (Å²) in [7, 11) is 0. The number of aromatic nitrogens is 2. The highest BCUT2D eigenvalue weighted by molar-refractivity contribution is 7.10. The molecular formula is C10H5F3N4OS. The van der Waals surface area contributed by atoms with Gasteiger partial charge in [0.05, 0.1) is 5.56 Å². The standard InChI is InChI=1S/C10H5F3N4OS/c11-10(12,13)5-1-2-7(15-4-5)16-9-6(3-14)8(18)17-19-9/h1-2,4H,(H,15,16)(H,17,18). The van der Waals surface area contributed by atoms with Crippen LogP contribution in [0.5, 0.6) is 0 Å². The monoisotopic (exact) mass is 286 g/mol. The molecule has 0 saturated heterocycles. The minimum absolute atomic E-state index is 0.111. The van der Waals surface area contributed by atoms with Crippen molar-refractivity contribution in [3.63, 3.8) is 0 Å². The molecule has 0 saturated carbocycles. The average Bonchev–Trinajstić information content (AvgIpc) is 2.69. The van der Waals surface area contributed by atoms with Gasteiger partial charge in [-0.3, -0.25) is 9.17 Å². The molecule has 9 heteroatoms. The summed E-state index contributed by atoms with van der Waals surface area (Å²) in [6, 6.07) is 3.67. The van der Waals surface area contributed by atoms with E-state index >= 15 is 0 Å².